The summed E-state index contributed by atoms with van der Waals surface area (Å²) in [6.45, 7) is 9.05. The van der Waals surface area contributed by atoms with Crippen molar-refractivity contribution in [2.45, 2.75) is 52.1 Å². The maximum absolute atomic E-state index is 11.8. The van der Waals surface area contributed by atoms with E-state index < -0.39 is 0 Å². The molecule has 0 unspecified atom stereocenters. The Kier molecular flexibility index (Phi) is 5.85. The fourth-order valence-corrected chi connectivity index (χ4v) is 4.55. The van der Waals surface area contributed by atoms with Gasteiger partial charge >= 0.3 is 0 Å². The van der Waals surface area contributed by atoms with Gasteiger partial charge in [0.05, 0.1) is 7.11 Å². The van der Waals surface area contributed by atoms with E-state index in [0.717, 1.165) is 75.9 Å². The highest BCUT2D eigenvalue weighted by Gasteiger charge is 2.29. The van der Waals surface area contributed by atoms with Crippen LogP contribution in [0.5, 0.6) is 5.75 Å². The summed E-state index contributed by atoms with van der Waals surface area (Å²) < 4.78 is 7.89. The second-order valence-corrected chi connectivity index (χ2v) is 8.27. The molecule has 2 aliphatic heterocycles. The molecule has 4 rings (SSSR count). The predicted octanol–water partition coefficient (Wildman–Crippen LogP) is 2.38. The van der Waals surface area contributed by atoms with Gasteiger partial charge in [-0.25, -0.2) is 0 Å². The number of amides is 1. The fourth-order valence-electron chi connectivity index (χ4n) is 4.55. The first-order chi connectivity index (χ1) is 14.0. The number of hydrogen-bond donors (Lipinski definition) is 0. The Morgan fingerprint density at radius 3 is 2.86 bits per heavy atom. The van der Waals surface area contributed by atoms with Crippen LogP contribution in [0.4, 0.5) is 0 Å². The Balaban J connectivity index is 1.46. The van der Waals surface area contributed by atoms with Gasteiger partial charge < -0.3 is 14.2 Å². The van der Waals surface area contributed by atoms with Crippen LogP contribution in [0.2, 0.25) is 0 Å². The minimum atomic E-state index is 0.156. The molecular formula is C22H31N5O2. The largest absolute Gasteiger partial charge is 0.496 e. The molecule has 1 saturated heterocycles. The summed E-state index contributed by atoms with van der Waals surface area (Å²) in [6, 6.07) is 6.42. The van der Waals surface area contributed by atoms with Crippen LogP contribution in [0.15, 0.2) is 18.2 Å². The number of likely N-dealkylation sites (tertiary alicyclic amines) is 1. The van der Waals surface area contributed by atoms with E-state index in [1.807, 2.05) is 4.90 Å². The zero-order valence-electron chi connectivity index (χ0n) is 17.7. The van der Waals surface area contributed by atoms with Crippen molar-refractivity contribution in [3.05, 3.63) is 41.0 Å². The van der Waals surface area contributed by atoms with Crippen molar-refractivity contribution >= 4 is 5.91 Å². The van der Waals surface area contributed by atoms with Crippen molar-refractivity contribution < 1.29 is 9.53 Å². The normalized spacial score (nSPS) is 20.2. The van der Waals surface area contributed by atoms with Gasteiger partial charge in [-0.05, 0) is 31.4 Å². The summed E-state index contributed by atoms with van der Waals surface area (Å²) in [5.41, 5.74) is 2.43. The lowest BCUT2D eigenvalue weighted by Crippen LogP contribution is -2.38. The van der Waals surface area contributed by atoms with Crippen LogP contribution in [0.25, 0.3) is 0 Å². The van der Waals surface area contributed by atoms with E-state index in [9.17, 15) is 4.79 Å². The summed E-state index contributed by atoms with van der Waals surface area (Å²) in [7, 11) is 1.74. The number of benzene rings is 1. The molecular weight excluding hydrogens is 366 g/mol. The molecule has 1 fully saturated rings. The molecule has 2 aromatic rings. The minimum Gasteiger partial charge on any atom is -0.496 e. The van der Waals surface area contributed by atoms with Crippen LogP contribution in [-0.2, 0) is 24.3 Å². The number of carbonyl (C=O) groups is 1. The van der Waals surface area contributed by atoms with Gasteiger partial charge in [0.1, 0.15) is 17.4 Å². The summed E-state index contributed by atoms with van der Waals surface area (Å²) in [5, 5.41) is 9.05. The van der Waals surface area contributed by atoms with E-state index in [-0.39, 0.29) is 11.8 Å². The average molecular weight is 398 g/mol. The first-order valence-electron chi connectivity index (χ1n) is 10.6. The molecule has 0 spiro atoms. The molecule has 1 aromatic carbocycles. The van der Waals surface area contributed by atoms with Crippen molar-refractivity contribution in [1.29, 1.82) is 0 Å². The third-order valence-electron chi connectivity index (χ3n) is 6.22. The number of carbonyl (C=O) groups excluding carboxylic acids is 1. The van der Waals surface area contributed by atoms with Crippen LogP contribution in [-0.4, -0.2) is 63.8 Å². The van der Waals surface area contributed by atoms with Crippen LogP contribution in [0.3, 0.4) is 0 Å². The molecule has 1 aromatic heterocycles. The quantitative estimate of drug-likeness (QED) is 0.793. The number of ether oxygens (including phenoxy) is 1. The highest BCUT2D eigenvalue weighted by Crippen LogP contribution is 2.28. The Hall–Kier alpha value is -2.41. The van der Waals surface area contributed by atoms with Crippen molar-refractivity contribution in [2.24, 2.45) is 0 Å². The zero-order chi connectivity index (χ0) is 20.4. The minimum absolute atomic E-state index is 0.156. The highest BCUT2D eigenvalue weighted by molar-refractivity contribution is 5.73. The first-order valence-corrected chi connectivity index (χ1v) is 10.6. The van der Waals surface area contributed by atoms with Gasteiger partial charge in [0.15, 0.2) is 0 Å². The Morgan fingerprint density at radius 1 is 1.21 bits per heavy atom. The van der Waals surface area contributed by atoms with E-state index in [2.05, 4.69) is 44.8 Å². The van der Waals surface area contributed by atoms with Gasteiger partial charge in [-0.3, -0.25) is 9.69 Å². The number of piperidine rings is 1. The average Bonchev–Trinajstić information content (AvgIpc) is 3.03. The van der Waals surface area contributed by atoms with Gasteiger partial charge in [-0.15, -0.1) is 10.2 Å². The molecule has 3 heterocycles. The number of methoxy groups -OCH3 is 1. The molecule has 7 nitrogen and oxygen atoms in total. The maximum Gasteiger partial charge on any atom is 0.219 e. The molecule has 0 aliphatic carbocycles. The second-order valence-electron chi connectivity index (χ2n) is 8.27. The molecule has 0 radical (unpaired) electrons. The maximum atomic E-state index is 11.8. The number of nitrogens with zero attached hydrogens (tertiary/aromatic N) is 5. The lowest BCUT2D eigenvalue weighted by atomic mass is 9.97. The van der Waals surface area contributed by atoms with Crippen LogP contribution in [0.1, 0.15) is 48.5 Å². The molecule has 0 N–H and O–H groups in total. The second kappa shape index (κ2) is 8.53. The number of rotatable bonds is 4. The summed E-state index contributed by atoms with van der Waals surface area (Å²) in [4.78, 5) is 16.2. The number of hydrogen-bond acceptors (Lipinski definition) is 5. The molecule has 156 valence electrons. The van der Waals surface area contributed by atoms with Gasteiger partial charge in [0.2, 0.25) is 5.91 Å². The lowest BCUT2D eigenvalue weighted by Gasteiger charge is -2.31. The standard InChI is InChI=1S/C22H31N5O2/c1-16-6-7-18(20(13-16)29-3)14-25-10-8-21-23-24-22(27(21)12-11-25)19-5-4-9-26(15-19)17(2)28/h6-7,13,19H,4-5,8-12,14-15H2,1-3H3/t19-/m1/s1. The molecule has 0 saturated carbocycles. The Labute approximate surface area is 172 Å². The molecule has 1 amide bonds. The van der Waals surface area contributed by atoms with Crippen molar-refractivity contribution in [3.8, 4) is 5.75 Å². The van der Waals surface area contributed by atoms with E-state index >= 15 is 0 Å². The van der Waals surface area contributed by atoms with Gasteiger partial charge in [-0.1, -0.05) is 12.1 Å². The van der Waals surface area contributed by atoms with Gasteiger partial charge in [0.25, 0.3) is 0 Å². The number of aromatic nitrogens is 3. The third kappa shape index (κ3) is 4.29. The van der Waals surface area contributed by atoms with Crippen LogP contribution < -0.4 is 4.74 Å². The molecule has 2 aliphatic rings. The Morgan fingerprint density at radius 2 is 2.07 bits per heavy atom. The number of fused-ring (bicyclic) bond motifs is 1. The van der Waals surface area contributed by atoms with Gasteiger partial charge in [0, 0.05) is 64.1 Å². The summed E-state index contributed by atoms with van der Waals surface area (Å²) in [6.07, 6.45) is 3.00. The molecule has 0 bridgehead atoms. The van der Waals surface area contributed by atoms with E-state index in [4.69, 9.17) is 4.74 Å². The van der Waals surface area contributed by atoms with Crippen molar-refractivity contribution in [2.75, 3.05) is 33.3 Å². The monoisotopic (exact) mass is 397 g/mol. The SMILES string of the molecule is COc1cc(C)ccc1CN1CCc2nnc([C@@H]3CCCN(C(C)=O)C3)n2CC1. The first kappa shape index (κ1) is 19.9. The lowest BCUT2D eigenvalue weighted by molar-refractivity contribution is -0.130. The highest BCUT2D eigenvalue weighted by atomic mass is 16.5. The fraction of sp³-hybridized carbons (Fsp3) is 0.591. The van der Waals surface area contributed by atoms with Crippen molar-refractivity contribution in [3.63, 3.8) is 0 Å². The van der Waals surface area contributed by atoms with E-state index in [1.54, 1.807) is 14.0 Å². The van der Waals surface area contributed by atoms with Crippen molar-refractivity contribution in [1.82, 2.24) is 24.6 Å². The third-order valence-corrected chi connectivity index (χ3v) is 6.22. The topological polar surface area (TPSA) is 63.5 Å². The predicted molar refractivity (Wildman–Crippen MR) is 111 cm³/mol. The van der Waals surface area contributed by atoms with Crippen LogP contribution >= 0.6 is 0 Å². The molecule has 29 heavy (non-hydrogen) atoms. The molecule has 7 heteroatoms. The Bertz CT molecular complexity index is 878. The summed E-state index contributed by atoms with van der Waals surface area (Å²) in [5.74, 6) is 3.53. The van der Waals surface area contributed by atoms with E-state index in [1.165, 1.54) is 11.1 Å². The summed E-state index contributed by atoms with van der Waals surface area (Å²) >= 11 is 0. The smallest absolute Gasteiger partial charge is 0.219 e. The van der Waals surface area contributed by atoms with E-state index in [0.29, 0.717) is 0 Å². The zero-order valence-corrected chi connectivity index (χ0v) is 17.7. The number of aryl methyl sites for hydroxylation is 1. The van der Waals surface area contributed by atoms with Gasteiger partial charge in [-0.2, -0.15) is 0 Å². The molecule has 1 atom stereocenters. The van der Waals surface area contributed by atoms with Crippen LogP contribution in [0, 0.1) is 6.92 Å².